The quantitative estimate of drug-likeness (QED) is 0.396. The standard InChI is InChI=1S/C21H17ClFN5OS/c1-2-10-28-20(16-5-3-4-6-18(16)23)26-27-21(28)30-11-9-19(29)25-15-8-7-14(13-24)17(22)12-15/h2-8,12H,1,9-11H2,(H,25,29). The number of nitriles is 1. The van der Waals surface area contributed by atoms with Crippen molar-refractivity contribution in [1.82, 2.24) is 14.8 Å². The van der Waals surface area contributed by atoms with Gasteiger partial charge in [0, 0.05) is 24.4 Å². The third-order valence-electron chi connectivity index (χ3n) is 4.08. The number of allylic oxidation sites excluding steroid dienone is 1. The molecule has 3 aromatic rings. The van der Waals surface area contributed by atoms with E-state index in [-0.39, 0.29) is 23.2 Å². The maximum absolute atomic E-state index is 14.2. The Hall–Kier alpha value is -3.15. The monoisotopic (exact) mass is 441 g/mol. The normalized spacial score (nSPS) is 10.4. The van der Waals surface area contributed by atoms with Crippen LogP contribution in [-0.2, 0) is 11.3 Å². The smallest absolute Gasteiger partial charge is 0.225 e. The largest absolute Gasteiger partial charge is 0.326 e. The minimum Gasteiger partial charge on any atom is -0.326 e. The fourth-order valence-electron chi connectivity index (χ4n) is 2.67. The highest BCUT2D eigenvalue weighted by atomic mass is 35.5. The summed E-state index contributed by atoms with van der Waals surface area (Å²) in [5, 5.41) is 20.8. The van der Waals surface area contributed by atoms with Gasteiger partial charge >= 0.3 is 0 Å². The number of rotatable bonds is 8. The van der Waals surface area contributed by atoms with E-state index in [1.807, 2.05) is 6.07 Å². The number of benzene rings is 2. The molecule has 0 unspecified atom stereocenters. The van der Waals surface area contributed by atoms with E-state index < -0.39 is 0 Å². The number of amides is 1. The molecule has 0 aliphatic heterocycles. The number of carbonyl (C=O) groups excluding carboxylic acids is 1. The van der Waals surface area contributed by atoms with Crippen LogP contribution in [0.4, 0.5) is 10.1 Å². The Morgan fingerprint density at radius 2 is 2.13 bits per heavy atom. The average Bonchev–Trinajstić information content (AvgIpc) is 3.11. The number of nitrogens with one attached hydrogen (secondary N) is 1. The first-order valence-electron chi connectivity index (χ1n) is 8.94. The van der Waals surface area contributed by atoms with Crippen LogP contribution in [0.1, 0.15) is 12.0 Å². The van der Waals surface area contributed by atoms with E-state index in [9.17, 15) is 9.18 Å². The molecular weight excluding hydrogens is 425 g/mol. The Morgan fingerprint density at radius 1 is 1.33 bits per heavy atom. The van der Waals surface area contributed by atoms with Crippen molar-refractivity contribution in [2.24, 2.45) is 0 Å². The van der Waals surface area contributed by atoms with Crippen LogP contribution in [0.5, 0.6) is 0 Å². The Balaban J connectivity index is 1.64. The summed E-state index contributed by atoms with van der Waals surface area (Å²) >= 11 is 7.32. The van der Waals surface area contributed by atoms with Gasteiger partial charge in [0.2, 0.25) is 5.91 Å². The molecule has 9 heteroatoms. The van der Waals surface area contributed by atoms with Gasteiger partial charge in [-0.3, -0.25) is 9.36 Å². The van der Waals surface area contributed by atoms with E-state index in [4.69, 9.17) is 16.9 Å². The predicted octanol–water partition coefficient (Wildman–Crippen LogP) is 4.92. The van der Waals surface area contributed by atoms with E-state index in [1.165, 1.54) is 23.9 Å². The average molecular weight is 442 g/mol. The summed E-state index contributed by atoms with van der Waals surface area (Å²) < 4.78 is 15.9. The van der Waals surface area contributed by atoms with E-state index in [0.29, 0.717) is 40.1 Å². The minimum absolute atomic E-state index is 0.201. The maximum atomic E-state index is 14.2. The fourth-order valence-corrected chi connectivity index (χ4v) is 3.78. The highest BCUT2D eigenvalue weighted by molar-refractivity contribution is 7.99. The van der Waals surface area contributed by atoms with Crippen molar-refractivity contribution in [2.75, 3.05) is 11.1 Å². The number of aromatic nitrogens is 3. The molecule has 6 nitrogen and oxygen atoms in total. The molecule has 1 aromatic heterocycles. The second-order valence-electron chi connectivity index (χ2n) is 6.14. The number of anilines is 1. The molecule has 0 saturated carbocycles. The summed E-state index contributed by atoms with van der Waals surface area (Å²) in [7, 11) is 0. The molecule has 30 heavy (non-hydrogen) atoms. The first kappa shape index (κ1) is 21.6. The van der Waals surface area contributed by atoms with Crippen molar-refractivity contribution >= 4 is 35.0 Å². The molecular formula is C21H17ClFN5OS. The third kappa shape index (κ3) is 5.06. The molecule has 2 aromatic carbocycles. The van der Waals surface area contributed by atoms with Crippen LogP contribution >= 0.6 is 23.4 Å². The van der Waals surface area contributed by atoms with Crippen LogP contribution in [0.2, 0.25) is 5.02 Å². The van der Waals surface area contributed by atoms with Gasteiger partial charge in [-0.25, -0.2) is 4.39 Å². The number of thioether (sulfide) groups is 1. The Kier molecular flexibility index (Phi) is 7.22. The van der Waals surface area contributed by atoms with Crippen LogP contribution in [0, 0.1) is 17.1 Å². The summed E-state index contributed by atoms with van der Waals surface area (Å²) in [5.41, 5.74) is 1.22. The van der Waals surface area contributed by atoms with Crippen LogP contribution in [-0.4, -0.2) is 26.4 Å². The molecule has 0 radical (unpaired) electrons. The van der Waals surface area contributed by atoms with Crippen LogP contribution in [0.25, 0.3) is 11.4 Å². The lowest BCUT2D eigenvalue weighted by molar-refractivity contribution is -0.115. The third-order valence-corrected chi connectivity index (χ3v) is 5.36. The first-order valence-corrected chi connectivity index (χ1v) is 10.3. The van der Waals surface area contributed by atoms with Crippen molar-refractivity contribution in [3.05, 3.63) is 71.5 Å². The van der Waals surface area contributed by atoms with Gasteiger partial charge in [-0.15, -0.1) is 16.8 Å². The number of carbonyl (C=O) groups is 1. The summed E-state index contributed by atoms with van der Waals surface area (Å²) in [6.45, 7) is 4.15. The summed E-state index contributed by atoms with van der Waals surface area (Å²) in [5.74, 6) is 0.273. The molecule has 0 aliphatic carbocycles. The molecule has 0 aliphatic rings. The number of halogens is 2. The lowest BCUT2D eigenvalue weighted by atomic mass is 10.2. The highest BCUT2D eigenvalue weighted by Gasteiger charge is 2.16. The van der Waals surface area contributed by atoms with E-state index in [0.717, 1.165) is 0 Å². The summed E-state index contributed by atoms with van der Waals surface area (Å²) in [6.07, 6.45) is 1.90. The van der Waals surface area contributed by atoms with Crippen molar-refractivity contribution < 1.29 is 9.18 Å². The molecule has 0 fully saturated rings. The second-order valence-corrected chi connectivity index (χ2v) is 7.61. The molecule has 0 spiro atoms. The Bertz CT molecular complexity index is 1120. The minimum atomic E-state index is -0.382. The Morgan fingerprint density at radius 3 is 2.83 bits per heavy atom. The van der Waals surface area contributed by atoms with E-state index in [1.54, 1.807) is 41.0 Å². The van der Waals surface area contributed by atoms with Gasteiger partial charge in [-0.05, 0) is 30.3 Å². The topological polar surface area (TPSA) is 83.6 Å². The molecule has 1 N–H and O–H groups in total. The maximum Gasteiger partial charge on any atom is 0.225 e. The van der Waals surface area contributed by atoms with Crippen LogP contribution < -0.4 is 5.32 Å². The zero-order valence-corrected chi connectivity index (χ0v) is 17.4. The lowest BCUT2D eigenvalue weighted by Gasteiger charge is -2.09. The van der Waals surface area contributed by atoms with Crippen molar-refractivity contribution in [1.29, 1.82) is 5.26 Å². The number of nitrogens with zero attached hydrogens (tertiary/aromatic N) is 4. The van der Waals surface area contributed by atoms with Crippen molar-refractivity contribution in [2.45, 2.75) is 18.1 Å². The van der Waals surface area contributed by atoms with Crippen molar-refractivity contribution in [3.63, 3.8) is 0 Å². The van der Waals surface area contributed by atoms with Gasteiger partial charge in [-0.1, -0.05) is 41.6 Å². The molecule has 1 heterocycles. The van der Waals surface area contributed by atoms with Crippen molar-refractivity contribution in [3.8, 4) is 17.5 Å². The summed E-state index contributed by atoms with van der Waals surface area (Å²) in [6, 6.07) is 13.0. The molecule has 0 saturated heterocycles. The van der Waals surface area contributed by atoms with Gasteiger partial charge < -0.3 is 5.32 Å². The van der Waals surface area contributed by atoms with Crippen LogP contribution in [0.3, 0.4) is 0 Å². The number of hydrogen-bond acceptors (Lipinski definition) is 5. The zero-order valence-electron chi connectivity index (χ0n) is 15.8. The van der Waals surface area contributed by atoms with Gasteiger partial charge in [0.15, 0.2) is 11.0 Å². The zero-order chi connectivity index (χ0) is 21.5. The molecule has 0 bridgehead atoms. The molecule has 1 amide bonds. The van der Waals surface area contributed by atoms with E-state index >= 15 is 0 Å². The van der Waals surface area contributed by atoms with E-state index in [2.05, 4.69) is 22.1 Å². The molecule has 152 valence electrons. The number of hydrogen-bond donors (Lipinski definition) is 1. The van der Waals surface area contributed by atoms with Crippen LogP contribution in [0.15, 0.2) is 60.3 Å². The van der Waals surface area contributed by atoms with Gasteiger partial charge in [0.05, 0.1) is 16.1 Å². The molecule has 0 atom stereocenters. The summed E-state index contributed by atoms with van der Waals surface area (Å²) in [4.78, 5) is 12.2. The highest BCUT2D eigenvalue weighted by Crippen LogP contribution is 2.26. The SMILES string of the molecule is C=CCn1c(SCCC(=O)Nc2ccc(C#N)c(Cl)c2)nnc1-c1ccccc1F. The van der Waals surface area contributed by atoms with Gasteiger partial charge in [-0.2, -0.15) is 5.26 Å². The lowest BCUT2D eigenvalue weighted by Crippen LogP contribution is -2.12. The first-order chi connectivity index (χ1) is 14.5. The van der Waals surface area contributed by atoms with Gasteiger partial charge in [0.1, 0.15) is 11.9 Å². The van der Waals surface area contributed by atoms with Gasteiger partial charge in [0.25, 0.3) is 0 Å². The molecule has 3 rings (SSSR count). The fraction of sp³-hybridized carbons (Fsp3) is 0.143. The Labute approximate surface area is 182 Å². The second kappa shape index (κ2) is 10.1. The predicted molar refractivity (Wildman–Crippen MR) is 116 cm³/mol.